The van der Waals surface area contributed by atoms with Crippen molar-refractivity contribution >= 4 is 34.8 Å². The van der Waals surface area contributed by atoms with Gasteiger partial charge in [0.15, 0.2) is 12.2 Å². The van der Waals surface area contributed by atoms with Crippen LogP contribution in [-0.2, 0) is 42.9 Å². The molecule has 12 nitrogen and oxygen atoms in total. The number of esters is 4. The molecule has 1 aromatic carbocycles. The van der Waals surface area contributed by atoms with Crippen molar-refractivity contribution in [3.05, 3.63) is 40.2 Å². The minimum atomic E-state index is -1.40. The smallest absolute Gasteiger partial charge is 0.336 e. The topological polar surface area (TPSA) is 154 Å². The molecule has 5 atom stereocenters. The lowest BCUT2D eigenvalue weighted by Gasteiger charge is -2.43. The fourth-order valence-corrected chi connectivity index (χ4v) is 3.80. The second-order valence-electron chi connectivity index (χ2n) is 8.09. The molecule has 2 heterocycles. The number of hydrogen-bond acceptors (Lipinski definition) is 12. The Morgan fingerprint density at radius 2 is 1.44 bits per heavy atom. The molecule has 2 aromatic rings. The molecule has 0 aliphatic carbocycles. The molecule has 3 rings (SSSR count). The highest BCUT2D eigenvalue weighted by molar-refractivity contribution is 5.81. The van der Waals surface area contributed by atoms with Crippen LogP contribution in [0.1, 0.15) is 33.3 Å². The molecule has 0 saturated carbocycles. The van der Waals surface area contributed by atoms with Crippen LogP contribution in [0.25, 0.3) is 11.0 Å². The van der Waals surface area contributed by atoms with E-state index >= 15 is 0 Å². The first-order valence-corrected chi connectivity index (χ1v) is 11.0. The zero-order chi connectivity index (χ0) is 26.6. The lowest BCUT2D eigenvalue weighted by atomic mass is 9.98. The predicted molar refractivity (Wildman–Crippen MR) is 120 cm³/mol. The van der Waals surface area contributed by atoms with Gasteiger partial charge in [0.05, 0.1) is 0 Å². The van der Waals surface area contributed by atoms with Gasteiger partial charge in [0.2, 0.25) is 12.4 Å². The Bertz CT molecular complexity index is 1220. The first kappa shape index (κ1) is 26.7. The average molecular weight is 506 g/mol. The lowest BCUT2D eigenvalue weighted by Crippen LogP contribution is -2.63. The predicted octanol–water partition coefficient (Wildman–Crippen LogP) is 1.56. The van der Waals surface area contributed by atoms with Crippen LogP contribution in [0.15, 0.2) is 33.5 Å². The molecule has 1 aliphatic heterocycles. The molecule has 0 spiro atoms. The summed E-state index contributed by atoms with van der Waals surface area (Å²) in [4.78, 5) is 58.9. The SMILES string of the molecule is CC(=O)OC[C@@H]1O[C@@H](Oc2ccc3c(C)cc(=O)oc3c2)[C@H](OC(C)=O)[C@@H](OC(C)=O)[C@H]1OC(C)=O. The van der Waals surface area contributed by atoms with Gasteiger partial charge >= 0.3 is 29.5 Å². The van der Waals surface area contributed by atoms with Crippen molar-refractivity contribution in [2.24, 2.45) is 0 Å². The maximum atomic E-state index is 11.9. The Morgan fingerprint density at radius 1 is 0.833 bits per heavy atom. The summed E-state index contributed by atoms with van der Waals surface area (Å²) < 4.78 is 38.2. The second-order valence-corrected chi connectivity index (χ2v) is 8.09. The molecule has 1 aliphatic rings. The summed E-state index contributed by atoms with van der Waals surface area (Å²) in [6.07, 6.45) is -6.61. The standard InChI is InChI=1S/C24H26O12/c1-11-8-20(29)35-18-9-16(6-7-17(11)18)34-24-23(33-15(5)28)22(32-14(4)27)21(31-13(3)26)19(36-24)10-30-12(2)25/h6-9,19,21-24H,10H2,1-5H3/t19-,21-,22-,23+,24+/m0/s1. The molecule has 1 fully saturated rings. The number of benzene rings is 1. The van der Waals surface area contributed by atoms with E-state index in [0.717, 1.165) is 20.8 Å². The molecule has 0 N–H and O–H groups in total. The van der Waals surface area contributed by atoms with Crippen molar-refractivity contribution < 1.29 is 52.0 Å². The van der Waals surface area contributed by atoms with E-state index in [1.54, 1.807) is 19.1 Å². The molecule has 0 radical (unpaired) electrons. The second kappa shape index (κ2) is 11.2. The van der Waals surface area contributed by atoms with E-state index in [-0.39, 0.29) is 17.9 Å². The molecular formula is C24H26O12. The summed E-state index contributed by atoms with van der Waals surface area (Å²) in [6, 6.07) is 6.03. The van der Waals surface area contributed by atoms with Crippen molar-refractivity contribution in [1.29, 1.82) is 0 Å². The molecule has 0 bridgehead atoms. The van der Waals surface area contributed by atoms with Crippen LogP contribution >= 0.6 is 0 Å². The van der Waals surface area contributed by atoms with Crippen molar-refractivity contribution in [1.82, 2.24) is 0 Å². The average Bonchev–Trinajstić information content (AvgIpc) is 2.75. The molecule has 0 unspecified atom stereocenters. The highest BCUT2D eigenvalue weighted by Gasteiger charge is 2.53. The number of rotatable bonds is 7. The fourth-order valence-electron chi connectivity index (χ4n) is 3.80. The van der Waals surface area contributed by atoms with Crippen LogP contribution in [-0.4, -0.2) is 61.2 Å². The molecule has 0 amide bonds. The summed E-state index contributed by atoms with van der Waals surface area (Å²) >= 11 is 0. The van der Waals surface area contributed by atoms with E-state index in [1.807, 2.05) is 0 Å². The van der Waals surface area contributed by atoms with Crippen LogP contribution in [0.3, 0.4) is 0 Å². The third kappa shape index (κ3) is 6.60. The highest BCUT2D eigenvalue weighted by Crippen LogP contribution is 2.32. The normalized spacial score (nSPS) is 23.4. The molecule has 1 saturated heterocycles. The number of ether oxygens (including phenoxy) is 6. The summed E-state index contributed by atoms with van der Waals surface area (Å²) in [5.41, 5.74) is 0.382. The number of hydrogen-bond donors (Lipinski definition) is 0. The van der Waals surface area contributed by atoms with Gasteiger partial charge in [-0.2, -0.15) is 0 Å². The van der Waals surface area contributed by atoms with Crippen molar-refractivity contribution in [2.45, 2.75) is 65.3 Å². The van der Waals surface area contributed by atoms with Gasteiger partial charge in [0.25, 0.3) is 0 Å². The molecule has 36 heavy (non-hydrogen) atoms. The third-order valence-corrected chi connectivity index (χ3v) is 5.12. The Labute approximate surface area is 205 Å². The number of fused-ring (bicyclic) bond motifs is 1. The Kier molecular flexibility index (Phi) is 8.30. The summed E-state index contributed by atoms with van der Waals surface area (Å²) in [6.45, 7) is 5.91. The maximum absolute atomic E-state index is 11.9. The van der Waals surface area contributed by atoms with Gasteiger partial charge < -0.3 is 32.8 Å². The van der Waals surface area contributed by atoms with Crippen molar-refractivity contribution in [2.75, 3.05) is 6.61 Å². The van der Waals surface area contributed by atoms with E-state index in [9.17, 15) is 24.0 Å². The molecule has 194 valence electrons. The van der Waals surface area contributed by atoms with E-state index in [1.165, 1.54) is 19.1 Å². The van der Waals surface area contributed by atoms with Gasteiger partial charge in [-0.1, -0.05) is 0 Å². The fraction of sp³-hybridized carbons (Fsp3) is 0.458. The third-order valence-electron chi connectivity index (χ3n) is 5.12. The summed E-state index contributed by atoms with van der Waals surface area (Å²) in [5.74, 6) is -2.73. The van der Waals surface area contributed by atoms with Gasteiger partial charge in [-0.15, -0.1) is 0 Å². The zero-order valence-corrected chi connectivity index (χ0v) is 20.3. The minimum absolute atomic E-state index is 0.164. The van der Waals surface area contributed by atoms with E-state index < -0.39 is 60.2 Å². The van der Waals surface area contributed by atoms with Crippen molar-refractivity contribution in [3.63, 3.8) is 0 Å². The molecular weight excluding hydrogens is 480 g/mol. The van der Waals surface area contributed by atoms with Crippen LogP contribution in [0, 0.1) is 6.92 Å². The Morgan fingerprint density at radius 3 is 2.06 bits per heavy atom. The van der Waals surface area contributed by atoms with Gasteiger partial charge in [-0.05, 0) is 24.6 Å². The van der Waals surface area contributed by atoms with Crippen LogP contribution in [0.4, 0.5) is 0 Å². The number of aryl methyl sites for hydroxylation is 1. The minimum Gasteiger partial charge on any atom is -0.463 e. The first-order valence-electron chi connectivity index (χ1n) is 11.0. The lowest BCUT2D eigenvalue weighted by molar-refractivity contribution is -0.288. The maximum Gasteiger partial charge on any atom is 0.336 e. The number of carbonyl (C=O) groups excluding carboxylic acids is 4. The molecule has 12 heteroatoms. The van der Waals surface area contributed by atoms with Crippen LogP contribution < -0.4 is 10.4 Å². The van der Waals surface area contributed by atoms with E-state index in [4.69, 9.17) is 32.8 Å². The molecule has 1 aromatic heterocycles. The first-order chi connectivity index (χ1) is 16.9. The van der Waals surface area contributed by atoms with Crippen LogP contribution in [0.5, 0.6) is 5.75 Å². The largest absolute Gasteiger partial charge is 0.463 e. The van der Waals surface area contributed by atoms with Gasteiger partial charge in [-0.3, -0.25) is 19.2 Å². The highest BCUT2D eigenvalue weighted by atomic mass is 16.7. The Balaban J connectivity index is 2.02. The van der Waals surface area contributed by atoms with Gasteiger partial charge in [-0.25, -0.2) is 4.79 Å². The Hall–Kier alpha value is -3.93. The van der Waals surface area contributed by atoms with E-state index in [0.29, 0.717) is 10.9 Å². The monoisotopic (exact) mass is 506 g/mol. The number of carbonyl (C=O) groups is 4. The van der Waals surface area contributed by atoms with Gasteiger partial charge in [0.1, 0.15) is 24.0 Å². The summed E-state index contributed by atoms with van der Waals surface area (Å²) in [5, 5.41) is 0.670. The quantitative estimate of drug-likeness (QED) is 0.304. The summed E-state index contributed by atoms with van der Waals surface area (Å²) in [7, 11) is 0. The van der Waals surface area contributed by atoms with E-state index in [2.05, 4.69) is 0 Å². The van der Waals surface area contributed by atoms with Gasteiger partial charge in [0, 0.05) is 45.2 Å². The van der Waals surface area contributed by atoms with Crippen molar-refractivity contribution in [3.8, 4) is 5.75 Å². The van der Waals surface area contributed by atoms with Crippen LogP contribution in [0.2, 0.25) is 0 Å². The zero-order valence-electron chi connectivity index (χ0n) is 20.3.